The molecule has 0 amide bonds. The van der Waals surface area contributed by atoms with Gasteiger partial charge in [-0.1, -0.05) is 64.1 Å². The van der Waals surface area contributed by atoms with Crippen molar-refractivity contribution in [3.05, 3.63) is 71.4 Å². The molecule has 4 heteroatoms. The van der Waals surface area contributed by atoms with Gasteiger partial charge in [0.15, 0.2) is 5.78 Å². The second-order valence-electron chi connectivity index (χ2n) is 11.8. The van der Waals surface area contributed by atoms with E-state index in [2.05, 4.69) is 44.7 Å². The van der Waals surface area contributed by atoms with Crippen LogP contribution in [0.25, 0.3) is 0 Å². The number of allylic oxidation sites excluding steroid dienone is 2. The van der Waals surface area contributed by atoms with Crippen molar-refractivity contribution in [2.24, 2.45) is 16.7 Å². The highest BCUT2D eigenvalue weighted by atomic mass is 16.5. The molecule has 0 aromatic heterocycles. The van der Waals surface area contributed by atoms with Crippen molar-refractivity contribution < 1.29 is 14.3 Å². The first-order chi connectivity index (χ1) is 16.1. The van der Waals surface area contributed by atoms with Crippen LogP contribution in [0.1, 0.15) is 64.9 Å². The quantitative estimate of drug-likeness (QED) is 0.541. The lowest BCUT2D eigenvalue weighted by Gasteiger charge is -2.55. The van der Waals surface area contributed by atoms with Gasteiger partial charge in [-0.3, -0.25) is 9.59 Å². The van der Waals surface area contributed by atoms with E-state index in [4.69, 9.17) is 4.74 Å². The van der Waals surface area contributed by atoms with Crippen molar-refractivity contribution in [1.82, 2.24) is 0 Å². The second kappa shape index (κ2) is 8.11. The van der Waals surface area contributed by atoms with Crippen LogP contribution in [0.15, 0.2) is 65.9 Å². The molecule has 1 heterocycles. The third kappa shape index (κ3) is 3.77. The predicted octanol–water partition coefficient (Wildman–Crippen LogP) is 6.32. The van der Waals surface area contributed by atoms with Gasteiger partial charge in [-0.25, -0.2) is 0 Å². The summed E-state index contributed by atoms with van der Waals surface area (Å²) in [6.07, 6.45) is 2.74. The lowest BCUT2D eigenvalue weighted by Crippen LogP contribution is -2.57. The Morgan fingerprint density at radius 3 is 2.24 bits per heavy atom. The van der Waals surface area contributed by atoms with Crippen molar-refractivity contribution in [3.63, 3.8) is 0 Å². The molecule has 1 aliphatic heterocycles. The number of ether oxygens (including phenoxy) is 1. The van der Waals surface area contributed by atoms with Gasteiger partial charge < -0.3 is 9.64 Å². The average Bonchev–Trinajstić information content (AvgIpc) is 2.76. The molecule has 0 bridgehead atoms. The Balaban J connectivity index is 1.82. The van der Waals surface area contributed by atoms with Crippen molar-refractivity contribution in [2.45, 2.75) is 65.3 Å². The fourth-order valence-electron chi connectivity index (χ4n) is 6.69. The molecule has 0 saturated heterocycles. The van der Waals surface area contributed by atoms with E-state index in [0.29, 0.717) is 12.8 Å². The summed E-state index contributed by atoms with van der Waals surface area (Å²) in [6, 6.07) is 18.3. The summed E-state index contributed by atoms with van der Waals surface area (Å²) < 4.78 is 5.76. The maximum absolute atomic E-state index is 13.9. The first-order valence-electron chi connectivity index (χ1n) is 12.4. The summed E-state index contributed by atoms with van der Waals surface area (Å²) in [5.41, 5.74) is 3.72. The van der Waals surface area contributed by atoms with Crippen LogP contribution < -0.4 is 9.64 Å². The third-order valence-electron chi connectivity index (χ3n) is 7.90. The average molecular weight is 458 g/mol. The monoisotopic (exact) mass is 457 g/mol. The molecular formula is C30H35NO3. The molecular weight excluding hydrogens is 422 g/mol. The SMILES string of the molecule is COc1ccccc1[C@@H]1C2=C(CC(C)(C)CC2=O)N(c2ccccc2)[C@H]2CC(C)(C)CC(=O)[C@H]12. The van der Waals surface area contributed by atoms with Gasteiger partial charge >= 0.3 is 0 Å². The Labute approximate surface area is 203 Å². The highest BCUT2D eigenvalue weighted by Crippen LogP contribution is 2.57. The van der Waals surface area contributed by atoms with E-state index < -0.39 is 0 Å². The number of methoxy groups -OCH3 is 1. The first kappa shape index (κ1) is 22.9. The minimum atomic E-state index is -0.284. The van der Waals surface area contributed by atoms with Crippen LogP contribution in [0.3, 0.4) is 0 Å². The molecule has 178 valence electrons. The molecule has 34 heavy (non-hydrogen) atoms. The second-order valence-corrected chi connectivity index (χ2v) is 11.8. The van der Waals surface area contributed by atoms with Crippen molar-refractivity contribution >= 4 is 17.3 Å². The van der Waals surface area contributed by atoms with Crippen LogP contribution in [-0.2, 0) is 9.59 Å². The summed E-state index contributed by atoms with van der Waals surface area (Å²) in [5.74, 6) is 0.611. The number of hydrogen-bond acceptors (Lipinski definition) is 4. The normalized spacial score (nSPS) is 27.8. The number of benzene rings is 2. The lowest BCUT2D eigenvalue weighted by atomic mass is 9.58. The van der Waals surface area contributed by atoms with Gasteiger partial charge in [-0.05, 0) is 41.9 Å². The van der Waals surface area contributed by atoms with Crippen LogP contribution in [0.4, 0.5) is 5.69 Å². The number of hydrogen-bond donors (Lipinski definition) is 0. The number of nitrogens with zero attached hydrogens (tertiary/aromatic N) is 1. The van der Waals surface area contributed by atoms with Crippen LogP contribution in [0, 0.1) is 16.7 Å². The van der Waals surface area contributed by atoms with Crippen molar-refractivity contribution in [3.8, 4) is 5.75 Å². The Bertz CT molecular complexity index is 1160. The van der Waals surface area contributed by atoms with Crippen LogP contribution in [0.2, 0.25) is 0 Å². The van der Waals surface area contributed by atoms with E-state index in [0.717, 1.165) is 41.1 Å². The van der Waals surface area contributed by atoms with E-state index in [9.17, 15) is 9.59 Å². The van der Waals surface area contributed by atoms with Crippen LogP contribution in [-0.4, -0.2) is 24.7 Å². The number of carbonyl (C=O) groups excluding carboxylic acids is 2. The molecule has 2 aromatic rings. The summed E-state index contributed by atoms with van der Waals surface area (Å²) in [5, 5.41) is 0. The zero-order valence-corrected chi connectivity index (χ0v) is 20.9. The minimum absolute atomic E-state index is 0.00554. The molecule has 2 aliphatic carbocycles. The Kier molecular flexibility index (Phi) is 5.46. The zero-order chi connectivity index (χ0) is 24.3. The fourth-order valence-corrected chi connectivity index (χ4v) is 6.69. The molecule has 1 saturated carbocycles. The highest BCUT2D eigenvalue weighted by molar-refractivity contribution is 6.02. The summed E-state index contributed by atoms with van der Waals surface area (Å²) >= 11 is 0. The molecule has 3 aliphatic rings. The van der Waals surface area contributed by atoms with Gasteiger partial charge in [-0.15, -0.1) is 0 Å². The molecule has 1 fully saturated rings. The first-order valence-corrected chi connectivity index (χ1v) is 12.4. The zero-order valence-electron chi connectivity index (χ0n) is 20.9. The standard InChI is InChI=1S/C30H35NO3/c1-29(2)15-21-27(23(32)17-29)26(20-13-9-10-14-25(20)34-5)28-22(16-30(3,4)18-24(28)33)31(21)19-11-7-6-8-12-19/h6-14,21,26-27H,15-18H2,1-5H3/t21-,26-,27+/m0/s1. The third-order valence-corrected chi connectivity index (χ3v) is 7.90. The number of carbonyl (C=O) groups is 2. The van der Waals surface area contributed by atoms with E-state index >= 15 is 0 Å². The molecule has 0 radical (unpaired) electrons. The maximum atomic E-state index is 13.9. The fraction of sp³-hybridized carbons (Fsp3) is 0.467. The van der Waals surface area contributed by atoms with Gasteiger partial charge in [0.25, 0.3) is 0 Å². The van der Waals surface area contributed by atoms with E-state index in [-0.39, 0.29) is 40.3 Å². The number of ketones is 2. The van der Waals surface area contributed by atoms with Gasteiger partial charge in [0, 0.05) is 53.2 Å². The number of Topliss-reactive ketones (excluding diaryl/α,β-unsaturated/α-hetero) is 2. The van der Waals surface area contributed by atoms with Gasteiger partial charge in [0.1, 0.15) is 11.5 Å². The van der Waals surface area contributed by atoms with Gasteiger partial charge in [-0.2, -0.15) is 0 Å². The Hall–Kier alpha value is -2.88. The molecule has 5 rings (SSSR count). The summed E-state index contributed by atoms with van der Waals surface area (Å²) in [4.78, 5) is 30.2. The topological polar surface area (TPSA) is 46.6 Å². The predicted molar refractivity (Wildman–Crippen MR) is 135 cm³/mol. The molecule has 2 aromatic carbocycles. The number of rotatable bonds is 3. The van der Waals surface area contributed by atoms with Crippen molar-refractivity contribution in [2.75, 3.05) is 12.0 Å². The smallest absolute Gasteiger partial charge is 0.161 e. The van der Waals surface area contributed by atoms with E-state index in [1.807, 2.05) is 42.5 Å². The van der Waals surface area contributed by atoms with Crippen molar-refractivity contribution in [1.29, 1.82) is 0 Å². The van der Waals surface area contributed by atoms with E-state index in [1.165, 1.54) is 0 Å². The number of para-hydroxylation sites is 2. The maximum Gasteiger partial charge on any atom is 0.161 e. The number of anilines is 1. The summed E-state index contributed by atoms with van der Waals surface area (Å²) in [7, 11) is 1.67. The lowest BCUT2D eigenvalue weighted by molar-refractivity contribution is -0.130. The van der Waals surface area contributed by atoms with Gasteiger partial charge in [0.2, 0.25) is 0 Å². The van der Waals surface area contributed by atoms with E-state index in [1.54, 1.807) is 7.11 Å². The largest absolute Gasteiger partial charge is 0.496 e. The van der Waals surface area contributed by atoms with Gasteiger partial charge in [0.05, 0.1) is 7.11 Å². The molecule has 4 nitrogen and oxygen atoms in total. The highest BCUT2D eigenvalue weighted by Gasteiger charge is 2.55. The molecule has 0 N–H and O–H groups in total. The van der Waals surface area contributed by atoms with Crippen LogP contribution >= 0.6 is 0 Å². The number of fused-ring (bicyclic) bond motifs is 1. The summed E-state index contributed by atoms with van der Waals surface area (Å²) in [6.45, 7) is 8.75. The molecule has 0 unspecified atom stereocenters. The Morgan fingerprint density at radius 2 is 1.53 bits per heavy atom. The Morgan fingerprint density at radius 1 is 0.853 bits per heavy atom. The minimum Gasteiger partial charge on any atom is -0.496 e. The molecule has 3 atom stereocenters. The van der Waals surface area contributed by atoms with Crippen LogP contribution in [0.5, 0.6) is 5.75 Å². The molecule has 0 spiro atoms.